The van der Waals surface area contributed by atoms with Gasteiger partial charge in [-0.05, 0) is 18.6 Å². The average Bonchev–Trinajstić information content (AvgIpc) is 2.65. The Bertz CT molecular complexity index is 687. The van der Waals surface area contributed by atoms with Gasteiger partial charge in [-0.1, -0.05) is 18.2 Å². The lowest BCUT2D eigenvalue weighted by atomic mass is 10.1. The molecule has 1 aromatic heterocycles. The first-order valence-corrected chi connectivity index (χ1v) is 6.61. The van der Waals surface area contributed by atoms with E-state index in [9.17, 15) is 9.59 Å². The van der Waals surface area contributed by atoms with E-state index in [1.807, 2.05) is 24.3 Å². The Morgan fingerprint density at radius 2 is 2.00 bits per heavy atom. The monoisotopic (exact) mass is 282 g/mol. The summed E-state index contributed by atoms with van der Waals surface area (Å²) in [5.41, 5.74) is 2.02. The summed E-state index contributed by atoms with van der Waals surface area (Å²) < 4.78 is 0. The molecule has 1 aliphatic rings. The lowest BCUT2D eigenvalue weighted by Gasteiger charge is -2.25. The standard InChI is InChI=1S/C15H14N4O2/c1-10-14(20)18-13-5-3-2-4-11(13)8-19(10)15(21)12-6-16-9-17-7-12/h2-7,9-10H,8H2,1H3,(H,18,20). The molecule has 3 rings (SSSR count). The molecule has 21 heavy (non-hydrogen) atoms. The maximum atomic E-state index is 12.6. The molecule has 106 valence electrons. The smallest absolute Gasteiger partial charge is 0.257 e. The van der Waals surface area contributed by atoms with Gasteiger partial charge in [-0.15, -0.1) is 0 Å². The number of benzene rings is 1. The van der Waals surface area contributed by atoms with Crippen LogP contribution in [-0.4, -0.2) is 32.7 Å². The lowest BCUT2D eigenvalue weighted by molar-refractivity contribution is -0.119. The van der Waals surface area contributed by atoms with Crippen LogP contribution in [0.15, 0.2) is 43.0 Å². The zero-order chi connectivity index (χ0) is 14.8. The summed E-state index contributed by atoms with van der Waals surface area (Å²) in [5, 5.41) is 2.84. The molecule has 6 nitrogen and oxygen atoms in total. The molecule has 6 heteroatoms. The van der Waals surface area contributed by atoms with Crippen LogP contribution >= 0.6 is 0 Å². The fourth-order valence-corrected chi connectivity index (χ4v) is 2.30. The van der Waals surface area contributed by atoms with E-state index in [2.05, 4.69) is 15.3 Å². The predicted octanol–water partition coefficient (Wildman–Crippen LogP) is 1.46. The highest BCUT2D eigenvalue weighted by Crippen LogP contribution is 2.24. The SMILES string of the molecule is CC1C(=O)Nc2ccccc2CN1C(=O)c1cncnc1. The number of carbonyl (C=O) groups is 2. The molecule has 0 saturated heterocycles. The van der Waals surface area contributed by atoms with E-state index in [-0.39, 0.29) is 11.8 Å². The largest absolute Gasteiger partial charge is 0.324 e. The van der Waals surface area contributed by atoms with E-state index < -0.39 is 6.04 Å². The maximum absolute atomic E-state index is 12.6. The number of fused-ring (bicyclic) bond motifs is 1. The summed E-state index contributed by atoms with van der Waals surface area (Å²) in [6, 6.07) is 6.90. The minimum Gasteiger partial charge on any atom is -0.324 e. The lowest BCUT2D eigenvalue weighted by Crippen LogP contribution is -2.43. The number of amides is 2. The quantitative estimate of drug-likeness (QED) is 0.859. The van der Waals surface area contributed by atoms with Gasteiger partial charge >= 0.3 is 0 Å². The number of nitrogens with one attached hydrogen (secondary N) is 1. The van der Waals surface area contributed by atoms with Gasteiger partial charge in [0.1, 0.15) is 12.4 Å². The van der Waals surface area contributed by atoms with Crippen LogP contribution in [0, 0.1) is 0 Å². The van der Waals surface area contributed by atoms with Crippen molar-refractivity contribution in [1.29, 1.82) is 0 Å². The highest BCUT2D eigenvalue weighted by atomic mass is 16.2. The molecule has 1 unspecified atom stereocenters. The van der Waals surface area contributed by atoms with Crippen LogP contribution in [0.2, 0.25) is 0 Å². The van der Waals surface area contributed by atoms with E-state index in [1.165, 1.54) is 23.6 Å². The van der Waals surface area contributed by atoms with Crippen molar-refractivity contribution < 1.29 is 9.59 Å². The molecule has 0 bridgehead atoms. The van der Waals surface area contributed by atoms with Crippen LogP contribution in [0.25, 0.3) is 0 Å². The summed E-state index contributed by atoms with van der Waals surface area (Å²) in [7, 11) is 0. The number of aromatic nitrogens is 2. The van der Waals surface area contributed by atoms with E-state index in [4.69, 9.17) is 0 Å². The van der Waals surface area contributed by atoms with Crippen molar-refractivity contribution in [3.05, 3.63) is 54.1 Å². The number of anilines is 1. The molecular weight excluding hydrogens is 268 g/mol. The molecule has 1 aromatic carbocycles. The van der Waals surface area contributed by atoms with Gasteiger partial charge in [0.25, 0.3) is 5.91 Å². The molecule has 2 heterocycles. The Hall–Kier alpha value is -2.76. The van der Waals surface area contributed by atoms with Gasteiger partial charge in [-0.2, -0.15) is 0 Å². The fourth-order valence-electron chi connectivity index (χ4n) is 2.30. The van der Waals surface area contributed by atoms with Crippen LogP contribution in [0.1, 0.15) is 22.8 Å². The predicted molar refractivity (Wildman–Crippen MR) is 76.4 cm³/mol. The van der Waals surface area contributed by atoms with Crippen molar-refractivity contribution in [3.8, 4) is 0 Å². The Labute approximate surface area is 121 Å². The van der Waals surface area contributed by atoms with Crippen molar-refractivity contribution in [3.63, 3.8) is 0 Å². The molecule has 1 N–H and O–H groups in total. The molecule has 0 fully saturated rings. The number of para-hydroxylation sites is 1. The van der Waals surface area contributed by atoms with E-state index in [0.717, 1.165) is 11.3 Å². The third-order valence-corrected chi connectivity index (χ3v) is 3.53. The summed E-state index contributed by atoms with van der Waals surface area (Å²) in [6.07, 6.45) is 4.28. The number of hydrogen-bond acceptors (Lipinski definition) is 4. The van der Waals surface area contributed by atoms with Crippen molar-refractivity contribution in [2.24, 2.45) is 0 Å². The fraction of sp³-hybridized carbons (Fsp3) is 0.200. The number of carbonyl (C=O) groups excluding carboxylic acids is 2. The molecule has 0 aliphatic carbocycles. The third-order valence-electron chi connectivity index (χ3n) is 3.53. The molecule has 0 spiro atoms. The van der Waals surface area contributed by atoms with Crippen molar-refractivity contribution >= 4 is 17.5 Å². The van der Waals surface area contributed by atoms with Crippen LogP contribution in [-0.2, 0) is 11.3 Å². The second-order valence-electron chi connectivity index (χ2n) is 4.88. The second kappa shape index (κ2) is 5.32. The highest BCUT2D eigenvalue weighted by molar-refractivity contribution is 6.02. The first kappa shape index (κ1) is 13.2. The van der Waals surface area contributed by atoms with Gasteiger partial charge in [-0.3, -0.25) is 9.59 Å². The topological polar surface area (TPSA) is 75.2 Å². The van der Waals surface area contributed by atoms with Crippen molar-refractivity contribution in [2.75, 3.05) is 5.32 Å². The van der Waals surface area contributed by atoms with Crippen LogP contribution < -0.4 is 5.32 Å². The van der Waals surface area contributed by atoms with Crippen LogP contribution in [0.5, 0.6) is 0 Å². The van der Waals surface area contributed by atoms with E-state index >= 15 is 0 Å². The first-order chi connectivity index (χ1) is 10.2. The summed E-state index contributed by atoms with van der Waals surface area (Å²) >= 11 is 0. The van der Waals surface area contributed by atoms with Gasteiger partial charge in [-0.25, -0.2) is 9.97 Å². The highest BCUT2D eigenvalue weighted by Gasteiger charge is 2.30. The Morgan fingerprint density at radius 3 is 2.76 bits per heavy atom. The van der Waals surface area contributed by atoms with E-state index in [1.54, 1.807) is 6.92 Å². The van der Waals surface area contributed by atoms with Crippen molar-refractivity contribution in [1.82, 2.24) is 14.9 Å². The molecule has 1 atom stereocenters. The number of rotatable bonds is 1. The number of hydrogen-bond donors (Lipinski definition) is 1. The van der Waals surface area contributed by atoms with Gasteiger partial charge in [0.2, 0.25) is 5.91 Å². The van der Waals surface area contributed by atoms with Gasteiger partial charge in [0, 0.05) is 24.6 Å². The molecule has 2 aromatic rings. The van der Waals surface area contributed by atoms with Crippen LogP contribution in [0.4, 0.5) is 5.69 Å². The number of nitrogens with zero attached hydrogens (tertiary/aromatic N) is 3. The van der Waals surface area contributed by atoms with E-state index in [0.29, 0.717) is 12.1 Å². The van der Waals surface area contributed by atoms with Gasteiger partial charge in [0.05, 0.1) is 5.56 Å². The third kappa shape index (κ3) is 2.47. The van der Waals surface area contributed by atoms with Crippen molar-refractivity contribution in [2.45, 2.75) is 19.5 Å². The first-order valence-electron chi connectivity index (χ1n) is 6.61. The molecule has 2 amide bonds. The minimum atomic E-state index is -0.565. The summed E-state index contributed by atoms with van der Waals surface area (Å²) in [4.78, 5) is 34.0. The molecular formula is C15H14N4O2. The molecule has 0 radical (unpaired) electrons. The van der Waals surface area contributed by atoms with Gasteiger partial charge in [0.15, 0.2) is 0 Å². The van der Waals surface area contributed by atoms with Gasteiger partial charge < -0.3 is 10.2 Å². The average molecular weight is 282 g/mol. The Kier molecular flexibility index (Phi) is 3.35. The normalized spacial score (nSPS) is 17.7. The van der Waals surface area contributed by atoms with Crippen LogP contribution in [0.3, 0.4) is 0 Å². The minimum absolute atomic E-state index is 0.204. The molecule has 1 aliphatic heterocycles. The Balaban J connectivity index is 1.98. The second-order valence-corrected chi connectivity index (χ2v) is 4.88. The zero-order valence-electron chi connectivity index (χ0n) is 11.5. The maximum Gasteiger partial charge on any atom is 0.257 e. The summed E-state index contributed by atoms with van der Waals surface area (Å²) in [5.74, 6) is -0.458. The zero-order valence-corrected chi connectivity index (χ0v) is 11.5. The summed E-state index contributed by atoms with van der Waals surface area (Å²) in [6.45, 7) is 2.08. The Morgan fingerprint density at radius 1 is 1.29 bits per heavy atom. The molecule has 0 saturated carbocycles.